The van der Waals surface area contributed by atoms with Crippen LogP contribution in [0, 0.1) is 10.7 Å². The lowest BCUT2D eigenvalue weighted by Crippen LogP contribution is -2.50. The molecule has 7 nitrogen and oxygen atoms in total. The number of nitrogens with one attached hydrogen (secondary N) is 1. The third-order valence-corrected chi connectivity index (χ3v) is 7.32. The van der Waals surface area contributed by atoms with E-state index in [1.807, 2.05) is 5.40 Å². The fourth-order valence-electron chi connectivity index (χ4n) is 4.30. The molecule has 1 heterocycles. The number of aromatic nitrogens is 1. The number of carbonyl (C=O) groups excluding carboxylic acids is 2. The first-order valence-corrected chi connectivity index (χ1v) is 12.1. The van der Waals surface area contributed by atoms with Gasteiger partial charge in [-0.25, -0.2) is 14.6 Å². The average Bonchev–Trinajstić information content (AvgIpc) is 3.12. The number of ether oxygens (including phenoxy) is 1. The number of thioether (sulfide) groups is 1. The van der Waals surface area contributed by atoms with Crippen LogP contribution >= 0.6 is 23.1 Å². The summed E-state index contributed by atoms with van der Waals surface area (Å²) in [7, 11) is 0. The third kappa shape index (κ3) is 5.64. The van der Waals surface area contributed by atoms with Gasteiger partial charge in [-0.1, -0.05) is 49.9 Å². The molecule has 0 saturated heterocycles. The molecule has 2 amide bonds. The summed E-state index contributed by atoms with van der Waals surface area (Å²) in [6.07, 6.45) is 11.3. The highest BCUT2D eigenvalue weighted by Gasteiger charge is 2.33. The molecule has 2 aliphatic carbocycles. The summed E-state index contributed by atoms with van der Waals surface area (Å²) >= 11 is 2.01. The van der Waals surface area contributed by atoms with Crippen LogP contribution in [0.4, 0.5) is 9.93 Å². The van der Waals surface area contributed by atoms with E-state index in [1.165, 1.54) is 12.8 Å². The Bertz CT molecular complexity index is 731. The Labute approximate surface area is 180 Å². The minimum atomic E-state index is -0.571. The van der Waals surface area contributed by atoms with E-state index < -0.39 is 5.97 Å². The minimum Gasteiger partial charge on any atom is -0.461 e. The van der Waals surface area contributed by atoms with Gasteiger partial charge in [-0.3, -0.25) is 5.32 Å². The maximum absolute atomic E-state index is 13.3. The van der Waals surface area contributed by atoms with Crippen molar-refractivity contribution in [1.29, 1.82) is 5.26 Å². The van der Waals surface area contributed by atoms with Crippen LogP contribution < -0.4 is 5.32 Å². The average molecular weight is 437 g/mol. The number of rotatable bonds is 6. The zero-order valence-electron chi connectivity index (χ0n) is 16.8. The van der Waals surface area contributed by atoms with Crippen molar-refractivity contribution < 1.29 is 14.3 Å². The standard InChI is InChI=1S/C20H28N4O3S2/c1-2-27-17(25)16-18(28-13-21)29-19(22-16)23-20(26)24(14-9-5-3-6-10-14)15-11-7-4-8-12-15/h14-15H,2-12H2,1H3,(H,22,23,26). The first-order valence-electron chi connectivity index (χ1n) is 10.5. The molecule has 1 aromatic heterocycles. The molecule has 3 rings (SSSR count). The lowest BCUT2D eigenvalue weighted by molar-refractivity contribution is 0.0516. The van der Waals surface area contributed by atoms with Gasteiger partial charge in [0.15, 0.2) is 10.8 Å². The highest BCUT2D eigenvalue weighted by molar-refractivity contribution is 8.05. The molecule has 0 atom stereocenters. The second kappa shape index (κ2) is 10.8. The van der Waals surface area contributed by atoms with Crippen molar-refractivity contribution >= 4 is 40.2 Å². The second-order valence-electron chi connectivity index (χ2n) is 7.49. The van der Waals surface area contributed by atoms with Gasteiger partial charge < -0.3 is 9.64 Å². The Morgan fingerprint density at radius 2 is 1.76 bits per heavy atom. The number of thiocyanates is 1. The predicted octanol–water partition coefficient (Wildman–Crippen LogP) is 5.39. The molecule has 0 unspecified atom stereocenters. The van der Waals surface area contributed by atoms with Crippen molar-refractivity contribution in [3.05, 3.63) is 5.69 Å². The topological polar surface area (TPSA) is 95.3 Å². The van der Waals surface area contributed by atoms with E-state index in [9.17, 15) is 9.59 Å². The molecule has 9 heteroatoms. The largest absolute Gasteiger partial charge is 0.461 e. The Morgan fingerprint density at radius 1 is 1.17 bits per heavy atom. The molecule has 2 aliphatic rings. The number of esters is 1. The third-order valence-electron chi connectivity index (χ3n) is 5.59. The van der Waals surface area contributed by atoms with Gasteiger partial charge in [0.2, 0.25) is 0 Å². The van der Waals surface area contributed by atoms with Gasteiger partial charge in [0.25, 0.3) is 0 Å². The summed E-state index contributed by atoms with van der Waals surface area (Å²) in [6, 6.07) is 0.398. The van der Waals surface area contributed by atoms with Crippen molar-refractivity contribution in [2.24, 2.45) is 0 Å². The maximum Gasteiger partial charge on any atom is 0.359 e. The van der Waals surface area contributed by atoms with Crippen molar-refractivity contribution in [1.82, 2.24) is 9.88 Å². The Balaban J connectivity index is 1.78. The van der Waals surface area contributed by atoms with Crippen molar-refractivity contribution in [3.63, 3.8) is 0 Å². The van der Waals surface area contributed by atoms with E-state index in [2.05, 4.69) is 15.2 Å². The van der Waals surface area contributed by atoms with Crippen molar-refractivity contribution in [2.45, 2.75) is 87.4 Å². The van der Waals surface area contributed by atoms with Crippen LogP contribution in [0.5, 0.6) is 0 Å². The number of amides is 2. The van der Waals surface area contributed by atoms with Crippen molar-refractivity contribution in [3.8, 4) is 5.40 Å². The van der Waals surface area contributed by atoms with E-state index in [1.54, 1.807) is 6.92 Å². The minimum absolute atomic E-state index is 0.0978. The molecule has 2 saturated carbocycles. The summed E-state index contributed by atoms with van der Waals surface area (Å²) < 4.78 is 5.48. The normalized spacial score (nSPS) is 18.1. The number of nitrogens with zero attached hydrogens (tertiary/aromatic N) is 3. The van der Waals surface area contributed by atoms with E-state index in [0.717, 1.165) is 74.5 Å². The van der Waals surface area contributed by atoms with Crippen LogP contribution in [0.1, 0.15) is 81.6 Å². The molecular weight excluding hydrogens is 408 g/mol. The summed E-state index contributed by atoms with van der Waals surface area (Å²) in [5.74, 6) is -0.571. The number of anilines is 1. The first kappa shape index (κ1) is 21.9. The molecule has 1 N–H and O–H groups in total. The summed E-state index contributed by atoms with van der Waals surface area (Å²) in [4.78, 5) is 31.8. The number of hydrogen-bond donors (Lipinski definition) is 1. The lowest BCUT2D eigenvalue weighted by Gasteiger charge is -2.41. The van der Waals surface area contributed by atoms with Crippen LogP contribution in [0.25, 0.3) is 0 Å². The van der Waals surface area contributed by atoms with Crippen LogP contribution in [0.15, 0.2) is 4.21 Å². The van der Waals surface area contributed by atoms with Gasteiger partial charge in [-0.2, -0.15) is 5.26 Å². The fourth-order valence-corrected chi connectivity index (χ4v) is 5.80. The van der Waals surface area contributed by atoms with E-state index in [-0.39, 0.29) is 30.4 Å². The van der Waals surface area contributed by atoms with Gasteiger partial charge in [0, 0.05) is 23.8 Å². The molecule has 0 aromatic carbocycles. The molecule has 1 aromatic rings. The smallest absolute Gasteiger partial charge is 0.359 e. The monoisotopic (exact) mass is 436 g/mol. The zero-order chi connectivity index (χ0) is 20.6. The molecule has 0 bridgehead atoms. The molecule has 2 fully saturated rings. The van der Waals surface area contributed by atoms with Crippen molar-refractivity contribution in [2.75, 3.05) is 11.9 Å². The maximum atomic E-state index is 13.3. The highest BCUT2D eigenvalue weighted by atomic mass is 32.2. The molecule has 0 spiro atoms. The SMILES string of the molecule is CCOC(=O)c1nc(NC(=O)N(C2CCCCC2)C2CCCCC2)sc1SC#N. The van der Waals surface area contributed by atoms with Crippen LogP contribution in [0.3, 0.4) is 0 Å². The fraction of sp³-hybridized carbons (Fsp3) is 0.700. The molecule has 0 aliphatic heterocycles. The van der Waals surface area contributed by atoms with Gasteiger partial charge in [-0.05, 0) is 32.6 Å². The van der Waals surface area contributed by atoms with Gasteiger partial charge in [0.05, 0.1) is 6.61 Å². The van der Waals surface area contributed by atoms with E-state index >= 15 is 0 Å². The number of thiazole rings is 1. The first-order chi connectivity index (χ1) is 14.1. The number of nitriles is 1. The van der Waals surface area contributed by atoms with Gasteiger partial charge in [0.1, 0.15) is 9.61 Å². The van der Waals surface area contributed by atoms with Gasteiger partial charge in [-0.15, -0.1) is 0 Å². The molecular formula is C20H28N4O3S2. The zero-order valence-corrected chi connectivity index (χ0v) is 18.4. The van der Waals surface area contributed by atoms with Crippen LogP contribution in [-0.4, -0.2) is 40.6 Å². The Morgan fingerprint density at radius 3 is 2.28 bits per heavy atom. The number of urea groups is 1. The number of hydrogen-bond acceptors (Lipinski definition) is 7. The summed E-state index contributed by atoms with van der Waals surface area (Å²) in [5.41, 5.74) is 0.0978. The Kier molecular flexibility index (Phi) is 8.19. The quantitative estimate of drug-likeness (QED) is 0.365. The number of carbonyl (C=O) groups is 2. The lowest BCUT2D eigenvalue weighted by atomic mass is 9.89. The van der Waals surface area contributed by atoms with Gasteiger partial charge >= 0.3 is 12.0 Å². The van der Waals surface area contributed by atoms with E-state index in [0.29, 0.717) is 9.34 Å². The highest BCUT2D eigenvalue weighted by Crippen LogP contribution is 2.34. The predicted molar refractivity (Wildman–Crippen MR) is 114 cm³/mol. The summed E-state index contributed by atoms with van der Waals surface area (Å²) in [6.45, 7) is 1.95. The van der Waals surface area contributed by atoms with Crippen LogP contribution in [0.2, 0.25) is 0 Å². The van der Waals surface area contributed by atoms with E-state index in [4.69, 9.17) is 10.00 Å². The molecule has 158 valence electrons. The Hall–Kier alpha value is -1.79. The second-order valence-corrected chi connectivity index (χ2v) is 9.54. The molecule has 29 heavy (non-hydrogen) atoms. The molecule has 0 radical (unpaired) electrons. The summed E-state index contributed by atoms with van der Waals surface area (Å²) in [5, 5.41) is 14.2. The van der Waals surface area contributed by atoms with Crippen LogP contribution in [-0.2, 0) is 4.74 Å².